The topological polar surface area (TPSA) is 65.8 Å². The van der Waals surface area contributed by atoms with Gasteiger partial charge in [-0.3, -0.25) is 4.79 Å². The van der Waals surface area contributed by atoms with Crippen LogP contribution < -0.4 is 5.32 Å². The summed E-state index contributed by atoms with van der Waals surface area (Å²) in [5.41, 5.74) is 2.53. The minimum atomic E-state index is -0.0916. The second kappa shape index (κ2) is 8.11. The highest BCUT2D eigenvalue weighted by Gasteiger charge is 2.10. The summed E-state index contributed by atoms with van der Waals surface area (Å²) in [5.74, 6) is 0.188. The van der Waals surface area contributed by atoms with Crippen LogP contribution in [-0.4, -0.2) is 16.6 Å². The SMILES string of the molecule is Cc1cc(SC#N)ccc1NC(=O)CSc1nc2cc(Cl)ccc2s1. The number of hydrogen-bond donors (Lipinski definition) is 1. The number of amides is 1. The second-order valence-electron chi connectivity index (χ2n) is 5.10. The summed E-state index contributed by atoms with van der Waals surface area (Å²) in [4.78, 5) is 17.5. The Morgan fingerprint density at radius 1 is 1.36 bits per heavy atom. The monoisotopic (exact) mass is 405 g/mol. The minimum absolute atomic E-state index is 0.0916. The molecule has 0 unspecified atom stereocenters. The summed E-state index contributed by atoms with van der Waals surface area (Å²) in [6.07, 6.45) is 0. The van der Waals surface area contributed by atoms with Crippen molar-refractivity contribution >= 4 is 68.3 Å². The molecule has 3 rings (SSSR count). The van der Waals surface area contributed by atoms with Gasteiger partial charge in [-0.25, -0.2) is 4.98 Å². The maximum absolute atomic E-state index is 12.2. The van der Waals surface area contributed by atoms with Gasteiger partial charge in [-0.2, -0.15) is 5.26 Å². The highest BCUT2D eigenvalue weighted by Crippen LogP contribution is 2.31. The van der Waals surface area contributed by atoms with Gasteiger partial charge in [0.1, 0.15) is 5.40 Å². The smallest absolute Gasteiger partial charge is 0.234 e. The number of thiocyanates is 1. The molecule has 0 saturated carbocycles. The third-order valence-electron chi connectivity index (χ3n) is 3.29. The lowest BCUT2D eigenvalue weighted by Crippen LogP contribution is -2.14. The Bertz CT molecular complexity index is 981. The second-order valence-corrected chi connectivity index (χ2v) is 8.65. The molecule has 0 aliphatic carbocycles. The standard InChI is InChI=1S/C17H12ClN3OS3/c1-10-6-12(24-9-19)3-4-13(10)20-16(22)8-23-17-21-14-7-11(18)2-5-15(14)25-17/h2-7H,8H2,1H3,(H,20,22). The van der Waals surface area contributed by atoms with Crippen molar-refractivity contribution in [2.45, 2.75) is 16.2 Å². The predicted molar refractivity (Wildman–Crippen MR) is 107 cm³/mol. The zero-order chi connectivity index (χ0) is 17.8. The van der Waals surface area contributed by atoms with E-state index in [9.17, 15) is 4.79 Å². The average Bonchev–Trinajstić information content (AvgIpc) is 2.98. The van der Waals surface area contributed by atoms with Crippen molar-refractivity contribution in [3.63, 3.8) is 0 Å². The molecule has 2 aromatic carbocycles. The van der Waals surface area contributed by atoms with Crippen LogP contribution in [-0.2, 0) is 4.79 Å². The van der Waals surface area contributed by atoms with Crippen LogP contribution in [0.2, 0.25) is 5.02 Å². The van der Waals surface area contributed by atoms with Gasteiger partial charge >= 0.3 is 0 Å². The van der Waals surface area contributed by atoms with Crippen LogP contribution in [0.4, 0.5) is 5.69 Å². The predicted octanol–water partition coefficient (Wildman–Crippen LogP) is 5.56. The number of fused-ring (bicyclic) bond motifs is 1. The molecule has 1 aromatic heterocycles. The number of thiazole rings is 1. The van der Waals surface area contributed by atoms with E-state index in [1.165, 1.54) is 11.8 Å². The van der Waals surface area contributed by atoms with E-state index in [0.29, 0.717) is 5.02 Å². The fourth-order valence-electron chi connectivity index (χ4n) is 2.15. The largest absolute Gasteiger partial charge is 0.325 e. The zero-order valence-corrected chi connectivity index (χ0v) is 16.3. The lowest BCUT2D eigenvalue weighted by molar-refractivity contribution is -0.113. The van der Waals surface area contributed by atoms with E-state index < -0.39 is 0 Å². The van der Waals surface area contributed by atoms with Crippen molar-refractivity contribution in [1.29, 1.82) is 5.26 Å². The Morgan fingerprint density at radius 2 is 2.20 bits per heavy atom. The summed E-state index contributed by atoms with van der Waals surface area (Å²) in [5, 5.41) is 14.3. The van der Waals surface area contributed by atoms with Crippen LogP contribution in [0.25, 0.3) is 10.2 Å². The van der Waals surface area contributed by atoms with Crippen molar-refractivity contribution < 1.29 is 4.79 Å². The molecule has 4 nitrogen and oxygen atoms in total. The highest BCUT2D eigenvalue weighted by molar-refractivity contribution is 8.03. The number of halogens is 1. The van der Waals surface area contributed by atoms with Crippen molar-refractivity contribution in [2.24, 2.45) is 0 Å². The van der Waals surface area contributed by atoms with E-state index in [2.05, 4.69) is 10.3 Å². The molecule has 0 fully saturated rings. The maximum atomic E-state index is 12.2. The van der Waals surface area contributed by atoms with Crippen molar-refractivity contribution in [3.8, 4) is 5.40 Å². The van der Waals surface area contributed by atoms with Gasteiger partial charge in [0.15, 0.2) is 4.34 Å². The fraction of sp³-hybridized carbons (Fsp3) is 0.118. The number of benzene rings is 2. The molecular weight excluding hydrogens is 394 g/mol. The first-order valence-corrected chi connectivity index (χ1v) is 10.2. The number of hydrogen-bond acceptors (Lipinski definition) is 6. The molecule has 126 valence electrons. The Balaban J connectivity index is 1.61. The number of aryl methyl sites for hydroxylation is 1. The lowest BCUT2D eigenvalue weighted by atomic mass is 10.2. The summed E-state index contributed by atoms with van der Waals surface area (Å²) >= 11 is 10.0. The molecule has 0 aliphatic heterocycles. The zero-order valence-electron chi connectivity index (χ0n) is 13.1. The van der Waals surface area contributed by atoms with E-state index in [4.69, 9.17) is 16.9 Å². The van der Waals surface area contributed by atoms with Gasteiger partial charge in [0.05, 0.1) is 16.0 Å². The van der Waals surface area contributed by atoms with Crippen molar-refractivity contribution in [1.82, 2.24) is 4.98 Å². The van der Waals surface area contributed by atoms with Gasteiger partial charge in [0.25, 0.3) is 0 Å². The Hall–Kier alpha value is -1.72. The Morgan fingerprint density at radius 3 is 2.96 bits per heavy atom. The van der Waals surface area contributed by atoms with Crippen LogP contribution in [0.5, 0.6) is 0 Å². The first-order chi connectivity index (χ1) is 12.0. The van der Waals surface area contributed by atoms with Crippen LogP contribution in [0.15, 0.2) is 45.6 Å². The van der Waals surface area contributed by atoms with Gasteiger partial charge in [-0.05, 0) is 60.6 Å². The molecule has 1 heterocycles. The molecule has 1 N–H and O–H groups in total. The van der Waals surface area contributed by atoms with Crippen LogP contribution in [0.1, 0.15) is 5.56 Å². The number of thioether (sulfide) groups is 2. The van der Waals surface area contributed by atoms with Gasteiger partial charge < -0.3 is 5.32 Å². The Labute approximate surface area is 162 Å². The third-order valence-corrected chi connectivity index (χ3v) is 6.29. The molecule has 3 aromatic rings. The number of nitriles is 1. The van der Waals surface area contributed by atoms with E-state index in [0.717, 1.165) is 42.5 Å². The molecule has 0 atom stereocenters. The van der Waals surface area contributed by atoms with E-state index in [1.54, 1.807) is 11.3 Å². The van der Waals surface area contributed by atoms with Crippen molar-refractivity contribution in [2.75, 3.05) is 11.1 Å². The molecule has 8 heteroatoms. The number of carbonyl (C=O) groups excluding carboxylic acids is 1. The van der Waals surface area contributed by atoms with Gasteiger partial charge in [0.2, 0.25) is 5.91 Å². The normalized spacial score (nSPS) is 10.6. The quantitative estimate of drug-likeness (QED) is 0.444. The number of nitrogens with one attached hydrogen (secondary N) is 1. The number of carbonyl (C=O) groups is 1. The van der Waals surface area contributed by atoms with E-state index in [-0.39, 0.29) is 11.7 Å². The van der Waals surface area contributed by atoms with E-state index >= 15 is 0 Å². The molecule has 25 heavy (non-hydrogen) atoms. The molecule has 0 saturated heterocycles. The summed E-state index contributed by atoms with van der Waals surface area (Å²) in [6.45, 7) is 1.90. The maximum Gasteiger partial charge on any atom is 0.234 e. The van der Waals surface area contributed by atoms with Gasteiger partial charge in [-0.1, -0.05) is 23.4 Å². The van der Waals surface area contributed by atoms with E-state index in [1.807, 2.05) is 48.7 Å². The van der Waals surface area contributed by atoms with Gasteiger partial charge in [0, 0.05) is 15.6 Å². The number of anilines is 1. The van der Waals surface area contributed by atoms with Gasteiger partial charge in [-0.15, -0.1) is 11.3 Å². The lowest BCUT2D eigenvalue weighted by Gasteiger charge is -2.08. The summed E-state index contributed by atoms with van der Waals surface area (Å²) < 4.78 is 1.89. The minimum Gasteiger partial charge on any atom is -0.325 e. The Kier molecular flexibility index (Phi) is 5.86. The molecule has 0 bridgehead atoms. The molecule has 0 radical (unpaired) electrons. The fourth-order valence-corrected chi connectivity index (χ4v) is 4.64. The summed E-state index contributed by atoms with van der Waals surface area (Å²) in [7, 11) is 0. The van der Waals surface area contributed by atoms with Crippen LogP contribution in [0, 0.1) is 17.6 Å². The molecule has 0 aliphatic rings. The first-order valence-electron chi connectivity index (χ1n) is 7.20. The summed E-state index contributed by atoms with van der Waals surface area (Å²) in [6, 6.07) is 11.1. The molecular formula is C17H12ClN3OS3. The average molecular weight is 406 g/mol. The molecule has 0 spiro atoms. The number of nitrogens with zero attached hydrogens (tertiary/aromatic N) is 2. The highest BCUT2D eigenvalue weighted by atomic mass is 35.5. The molecule has 1 amide bonds. The van der Waals surface area contributed by atoms with Crippen molar-refractivity contribution in [3.05, 3.63) is 47.0 Å². The van der Waals surface area contributed by atoms with Crippen LogP contribution in [0.3, 0.4) is 0 Å². The third kappa shape index (κ3) is 4.67. The number of aromatic nitrogens is 1. The first kappa shape index (κ1) is 18.1. The number of rotatable bonds is 5. The van der Waals surface area contributed by atoms with Crippen LogP contribution >= 0.6 is 46.5 Å².